The van der Waals surface area contributed by atoms with Crippen molar-refractivity contribution in [2.45, 2.75) is 84.0 Å². The van der Waals surface area contributed by atoms with Gasteiger partial charge in [0.1, 0.15) is 5.75 Å². The number of para-hydroxylation sites is 2. The molecule has 4 heteroatoms. The van der Waals surface area contributed by atoms with Crippen LogP contribution in [0.1, 0.15) is 84.0 Å². The molecule has 28 heavy (non-hydrogen) atoms. The Kier molecular flexibility index (Phi) is 14.3. The first-order valence-corrected chi connectivity index (χ1v) is 11.2. The highest BCUT2D eigenvalue weighted by atomic mass is 127. The zero-order valence-corrected chi connectivity index (χ0v) is 20.4. The van der Waals surface area contributed by atoms with Gasteiger partial charge in [0.05, 0.1) is 19.5 Å². The van der Waals surface area contributed by atoms with Crippen LogP contribution in [0.4, 0.5) is 5.69 Å². The first-order chi connectivity index (χ1) is 13.3. The first kappa shape index (κ1) is 25.1. The number of hydrogen-bond donors (Lipinski definition) is 0. The Balaban J connectivity index is 0.00000392. The van der Waals surface area contributed by atoms with E-state index < -0.39 is 0 Å². The Labute approximate surface area is 190 Å². The van der Waals surface area contributed by atoms with Crippen LogP contribution < -0.4 is 9.64 Å². The van der Waals surface area contributed by atoms with E-state index in [1.54, 1.807) is 7.11 Å². The predicted octanol–water partition coefficient (Wildman–Crippen LogP) is 7.57. The van der Waals surface area contributed by atoms with Crippen LogP contribution in [0.15, 0.2) is 36.7 Å². The third kappa shape index (κ3) is 9.53. The van der Waals surface area contributed by atoms with Crippen LogP contribution in [0.5, 0.6) is 5.75 Å². The lowest BCUT2D eigenvalue weighted by atomic mass is 10.1. The second-order valence-electron chi connectivity index (χ2n) is 7.78. The van der Waals surface area contributed by atoms with Crippen LogP contribution in [0.2, 0.25) is 0 Å². The number of hydrogen-bond acceptors (Lipinski definition) is 3. The summed E-state index contributed by atoms with van der Waals surface area (Å²) in [5, 5.41) is 0. The summed E-state index contributed by atoms with van der Waals surface area (Å²) in [5.74, 6) is 0.939. The van der Waals surface area contributed by atoms with E-state index >= 15 is 0 Å². The molecule has 0 aromatic heterocycles. The predicted molar refractivity (Wildman–Crippen MR) is 133 cm³/mol. The minimum atomic E-state index is 0. The molecule has 0 N–H and O–H groups in total. The molecule has 3 nitrogen and oxygen atoms in total. The van der Waals surface area contributed by atoms with Crippen molar-refractivity contribution in [1.29, 1.82) is 0 Å². The number of benzene rings is 1. The molecular formula is C24H41IN2O. The number of methoxy groups -OCH3 is 1. The summed E-state index contributed by atoms with van der Waals surface area (Å²) in [4.78, 5) is 4.67. The third-order valence-electron chi connectivity index (χ3n) is 5.48. The highest BCUT2D eigenvalue weighted by Gasteiger charge is 2.16. The van der Waals surface area contributed by atoms with E-state index in [1.165, 1.54) is 77.0 Å². The molecule has 0 amide bonds. The molecule has 160 valence electrons. The molecule has 0 spiro atoms. The van der Waals surface area contributed by atoms with Crippen LogP contribution >= 0.6 is 24.0 Å². The topological polar surface area (TPSA) is 15.7 Å². The summed E-state index contributed by atoms with van der Waals surface area (Å²) in [5.41, 5.74) is 1.15. The first-order valence-electron chi connectivity index (χ1n) is 11.2. The second-order valence-corrected chi connectivity index (χ2v) is 7.78. The fourth-order valence-electron chi connectivity index (χ4n) is 3.79. The Hall–Kier alpha value is -0.910. The van der Waals surface area contributed by atoms with Crippen molar-refractivity contribution < 1.29 is 4.74 Å². The monoisotopic (exact) mass is 500 g/mol. The normalized spacial score (nSPS) is 13.1. The quantitative estimate of drug-likeness (QED) is 0.183. The van der Waals surface area contributed by atoms with Gasteiger partial charge in [0.2, 0.25) is 0 Å². The van der Waals surface area contributed by atoms with Gasteiger partial charge in [0.25, 0.3) is 0 Å². The number of anilines is 1. The SMILES string of the molecule is CCCCCCCCCCCCCCN1C=CN(c2ccccc2OC)C1.I. The maximum Gasteiger partial charge on any atom is 0.142 e. The molecular weight excluding hydrogens is 459 g/mol. The number of halogens is 1. The summed E-state index contributed by atoms with van der Waals surface area (Å²) in [6, 6.07) is 8.24. The Morgan fingerprint density at radius 2 is 1.36 bits per heavy atom. The van der Waals surface area contributed by atoms with Gasteiger partial charge in [-0.1, -0.05) is 89.7 Å². The van der Waals surface area contributed by atoms with Gasteiger partial charge >= 0.3 is 0 Å². The zero-order chi connectivity index (χ0) is 19.2. The van der Waals surface area contributed by atoms with E-state index in [9.17, 15) is 0 Å². The van der Waals surface area contributed by atoms with E-state index in [0.717, 1.165) is 24.7 Å². The van der Waals surface area contributed by atoms with Gasteiger partial charge < -0.3 is 14.5 Å². The van der Waals surface area contributed by atoms with Crippen LogP contribution in [0.3, 0.4) is 0 Å². The average Bonchev–Trinajstić information content (AvgIpc) is 3.17. The molecule has 0 atom stereocenters. The summed E-state index contributed by atoms with van der Waals surface area (Å²) in [6.45, 7) is 4.37. The van der Waals surface area contributed by atoms with E-state index in [-0.39, 0.29) is 24.0 Å². The van der Waals surface area contributed by atoms with Crippen LogP contribution in [-0.4, -0.2) is 25.2 Å². The number of ether oxygens (including phenoxy) is 1. The van der Waals surface area contributed by atoms with E-state index in [4.69, 9.17) is 4.74 Å². The Bertz CT molecular complexity index is 535. The highest BCUT2D eigenvalue weighted by Crippen LogP contribution is 2.29. The van der Waals surface area contributed by atoms with Crippen molar-refractivity contribution in [1.82, 2.24) is 4.90 Å². The summed E-state index contributed by atoms with van der Waals surface area (Å²) in [6.07, 6.45) is 21.3. The summed E-state index contributed by atoms with van der Waals surface area (Å²) < 4.78 is 5.48. The van der Waals surface area contributed by atoms with Gasteiger partial charge in [-0.05, 0) is 18.6 Å². The van der Waals surface area contributed by atoms with E-state index in [1.807, 2.05) is 12.1 Å². The molecule has 0 aliphatic carbocycles. The van der Waals surface area contributed by atoms with E-state index in [2.05, 4.69) is 41.3 Å². The molecule has 0 unspecified atom stereocenters. The second kappa shape index (κ2) is 15.9. The third-order valence-corrected chi connectivity index (χ3v) is 5.48. The van der Waals surface area contributed by atoms with Gasteiger partial charge in [-0.15, -0.1) is 24.0 Å². The minimum absolute atomic E-state index is 0. The van der Waals surface area contributed by atoms with Gasteiger partial charge in [0, 0.05) is 18.9 Å². The molecule has 1 aliphatic heterocycles. The molecule has 1 aromatic carbocycles. The lowest BCUT2D eigenvalue weighted by Gasteiger charge is -2.22. The molecule has 0 saturated carbocycles. The van der Waals surface area contributed by atoms with Gasteiger partial charge in [-0.3, -0.25) is 0 Å². The van der Waals surface area contributed by atoms with Gasteiger partial charge in [-0.25, -0.2) is 0 Å². The molecule has 0 fully saturated rings. The average molecular weight is 501 g/mol. The van der Waals surface area contributed by atoms with Gasteiger partial charge in [0.15, 0.2) is 0 Å². The molecule has 2 rings (SSSR count). The molecule has 1 aromatic rings. The molecule has 0 bridgehead atoms. The number of unbranched alkanes of at least 4 members (excludes halogenated alkanes) is 11. The maximum absolute atomic E-state index is 5.48. The lowest BCUT2D eigenvalue weighted by molar-refractivity contribution is 0.383. The summed E-state index contributed by atoms with van der Waals surface area (Å²) in [7, 11) is 1.74. The Morgan fingerprint density at radius 3 is 1.96 bits per heavy atom. The van der Waals surface area contributed by atoms with Crippen LogP contribution in [0, 0.1) is 0 Å². The van der Waals surface area contributed by atoms with Crippen molar-refractivity contribution in [3.8, 4) is 5.75 Å². The molecule has 1 heterocycles. The number of nitrogens with zero attached hydrogens (tertiary/aromatic N) is 2. The van der Waals surface area contributed by atoms with Crippen molar-refractivity contribution in [3.05, 3.63) is 36.7 Å². The smallest absolute Gasteiger partial charge is 0.142 e. The van der Waals surface area contributed by atoms with Crippen molar-refractivity contribution in [3.63, 3.8) is 0 Å². The highest BCUT2D eigenvalue weighted by molar-refractivity contribution is 14.0. The molecule has 0 radical (unpaired) electrons. The standard InChI is InChI=1S/C24H40N2O.HI/c1-3-4-5-6-7-8-9-10-11-12-13-16-19-25-20-21-26(22-25)23-17-14-15-18-24(23)27-2;/h14-15,17-18,20-21H,3-13,16,19,22H2,1-2H3;1H. The minimum Gasteiger partial charge on any atom is -0.495 e. The van der Waals surface area contributed by atoms with Gasteiger partial charge in [-0.2, -0.15) is 0 Å². The largest absolute Gasteiger partial charge is 0.495 e. The van der Waals surface area contributed by atoms with Crippen LogP contribution in [-0.2, 0) is 0 Å². The van der Waals surface area contributed by atoms with Crippen molar-refractivity contribution >= 4 is 29.7 Å². The number of rotatable bonds is 15. The van der Waals surface area contributed by atoms with E-state index in [0.29, 0.717) is 0 Å². The zero-order valence-electron chi connectivity index (χ0n) is 18.1. The maximum atomic E-state index is 5.48. The van der Waals surface area contributed by atoms with Crippen molar-refractivity contribution in [2.75, 3.05) is 25.2 Å². The molecule has 1 aliphatic rings. The van der Waals surface area contributed by atoms with Crippen molar-refractivity contribution in [2.24, 2.45) is 0 Å². The fraction of sp³-hybridized carbons (Fsp3) is 0.667. The fourth-order valence-corrected chi connectivity index (χ4v) is 3.79. The lowest BCUT2D eigenvalue weighted by Crippen LogP contribution is -2.26. The molecule has 0 saturated heterocycles. The summed E-state index contributed by atoms with van der Waals surface area (Å²) >= 11 is 0. The Morgan fingerprint density at radius 1 is 0.786 bits per heavy atom. The van der Waals surface area contributed by atoms with Crippen LogP contribution in [0.25, 0.3) is 0 Å².